The number of halogens is 1. The molecule has 2 aliphatic heterocycles. The Bertz CT molecular complexity index is 999. The summed E-state index contributed by atoms with van der Waals surface area (Å²) in [6, 6.07) is 11.2. The average molecular weight is 368 g/mol. The number of cyclic esters (lactones) is 1. The number of anilines is 1. The summed E-state index contributed by atoms with van der Waals surface area (Å²) in [5.41, 5.74) is 1.51. The molecule has 0 radical (unpaired) electrons. The summed E-state index contributed by atoms with van der Waals surface area (Å²) in [6.45, 7) is -0.0806. The van der Waals surface area contributed by atoms with Crippen LogP contribution in [0.5, 0.6) is 0 Å². The number of carbonyl (C=O) groups is 2. The second-order valence-electron chi connectivity index (χ2n) is 6.25. The van der Waals surface area contributed by atoms with Crippen LogP contribution < -0.4 is 4.90 Å². The SMILES string of the molecule is O=C1OCC2=C1[C@H](c1cccc([N+](=O)[O-])c1)CC(=O)N2c1ccc(F)cc1. The van der Waals surface area contributed by atoms with E-state index in [2.05, 4.69) is 0 Å². The Morgan fingerprint density at radius 3 is 2.59 bits per heavy atom. The molecule has 7 nitrogen and oxygen atoms in total. The minimum absolute atomic E-state index is 0.0491. The van der Waals surface area contributed by atoms with Gasteiger partial charge in [0.05, 0.1) is 16.2 Å². The summed E-state index contributed by atoms with van der Waals surface area (Å²) >= 11 is 0. The molecule has 2 aliphatic rings. The zero-order chi connectivity index (χ0) is 19.1. The lowest BCUT2D eigenvalue weighted by molar-refractivity contribution is -0.384. The Morgan fingerprint density at radius 2 is 1.89 bits per heavy atom. The van der Waals surface area contributed by atoms with Crippen LogP contribution in [-0.2, 0) is 14.3 Å². The molecule has 0 aromatic heterocycles. The molecular formula is C19H13FN2O5. The lowest BCUT2D eigenvalue weighted by atomic mass is 9.84. The predicted molar refractivity (Wildman–Crippen MR) is 92.3 cm³/mol. The van der Waals surface area contributed by atoms with Crippen LogP contribution in [0.1, 0.15) is 17.9 Å². The Hall–Kier alpha value is -3.55. The number of nitro benzene ring substituents is 1. The number of amides is 1. The van der Waals surface area contributed by atoms with Gasteiger partial charge in [-0.2, -0.15) is 0 Å². The highest BCUT2D eigenvalue weighted by Crippen LogP contribution is 2.42. The highest BCUT2D eigenvalue weighted by Gasteiger charge is 2.43. The molecule has 1 atom stereocenters. The zero-order valence-corrected chi connectivity index (χ0v) is 13.9. The minimum atomic E-state index is -0.626. The third-order valence-corrected chi connectivity index (χ3v) is 4.69. The van der Waals surface area contributed by atoms with Gasteiger partial charge in [0.1, 0.15) is 12.4 Å². The van der Waals surface area contributed by atoms with Crippen molar-refractivity contribution in [3.05, 3.63) is 81.3 Å². The zero-order valence-electron chi connectivity index (χ0n) is 13.9. The van der Waals surface area contributed by atoms with Crippen LogP contribution in [-0.4, -0.2) is 23.4 Å². The fraction of sp³-hybridized carbons (Fsp3) is 0.158. The normalized spacial score (nSPS) is 19.1. The van der Waals surface area contributed by atoms with E-state index >= 15 is 0 Å². The molecule has 0 fully saturated rings. The van der Waals surface area contributed by atoms with Crippen LogP contribution in [0.2, 0.25) is 0 Å². The number of non-ortho nitro benzene ring substituents is 1. The Balaban J connectivity index is 1.81. The molecular weight excluding hydrogens is 355 g/mol. The van der Waals surface area contributed by atoms with Gasteiger partial charge in [0.2, 0.25) is 5.91 Å². The van der Waals surface area contributed by atoms with Gasteiger partial charge in [0, 0.05) is 30.2 Å². The Labute approximate surface area is 152 Å². The summed E-state index contributed by atoms with van der Waals surface area (Å²) in [5.74, 6) is -1.92. The number of rotatable bonds is 3. The molecule has 0 aliphatic carbocycles. The summed E-state index contributed by atoms with van der Waals surface area (Å²) in [5, 5.41) is 11.1. The van der Waals surface area contributed by atoms with Gasteiger partial charge in [-0.15, -0.1) is 0 Å². The maximum atomic E-state index is 13.2. The maximum Gasteiger partial charge on any atom is 0.336 e. The molecule has 2 aromatic rings. The summed E-state index contributed by atoms with van der Waals surface area (Å²) in [4.78, 5) is 37.0. The fourth-order valence-electron chi connectivity index (χ4n) is 3.48. The van der Waals surface area contributed by atoms with Crippen molar-refractivity contribution < 1.29 is 23.6 Å². The first-order chi connectivity index (χ1) is 13.0. The van der Waals surface area contributed by atoms with Crippen LogP contribution in [0.25, 0.3) is 0 Å². The van der Waals surface area contributed by atoms with Crippen molar-refractivity contribution in [2.45, 2.75) is 12.3 Å². The fourth-order valence-corrected chi connectivity index (χ4v) is 3.48. The third kappa shape index (κ3) is 2.84. The van der Waals surface area contributed by atoms with E-state index in [0.29, 0.717) is 22.5 Å². The smallest absolute Gasteiger partial charge is 0.336 e. The second-order valence-corrected chi connectivity index (χ2v) is 6.25. The monoisotopic (exact) mass is 368 g/mol. The molecule has 27 heavy (non-hydrogen) atoms. The number of hydrogen-bond acceptors (Lipinski definition) is 5. The van der Waals surface area contributed by atoms with Crippen LogP contribution in [0.15, 0.2) is 59.8 Å². The van der Waals surface area contributed by atoms with Crippen molar-refractivity contribution in [3.8, 4) is 0 Å². The number of benzene rings is 2. The number of hydrogen-bond donors (Lipinski definition) is 0. The van der Waals surface area contributed by atoms with E-state index in [4.69, 9.17) is 4.74 Å². The van der Waals surface area contributed by atoms with Gasteiger partial charge in [-0.3, -0.25) is 19.8 Å². The van der Waals surface area contributed by atoms with Crippen molar-refractivity contribution in [1.29, 1.82) is 0 Å². The molecule has 8 heteroatoms. The molecule has 0 saturated heterocycles. The number of carbonyl (C=O) groups excluding carboxylic acids is 2. The van der Waals surface area contributed by atoms with Crippen LogP contribution in [0.4, 0.5) is 15.8 Å². The highest BCUT2D eigenvalue weighted by atomic mass is 19.1. The standard InChI is InChI=1S/C19H13FN2O5/c20-12-4-6-13(7-5-12)21-16-10-27-19(24)18(16)15(9-17(21)23)11-2-1-3-14(8-11)22(25)26/h1-8,15H,9-10H2/t15-/m0/s1. The highest BCUT2D eigenvalue weighted by molar-refractivity contribution is 6.06. The van der Waals surface area contributed by atoms with Crippen LogP contribution >= 0.6 is 0 Å². The van der Waals surface area contributed by atoms with Crippen molar-refractivity contribution in [2.75, 3.05) is 11.5 Å². The van der Waals surface area contributed by atoms with E-state index in [-0.39, 0.29) is 24.6 Å². The van der Waals surface area contributed by atoms with Gasteiger partial charge >= 0.3 is 5.97 Å². The largest absolute Gasteiger partial charge is 0.456 e. The van der Waals surface area contributed by atoms with Gasteiger partial charge in [0.15, 0.2) is 0 Å². The lowest BCUT2D eigenvalue weighted by Crippen LogP contribution is -2.37. The first-order valence-corrected chi connectivity index (χ1v) is 8.19. The Kier molecular flexibility index (Phi) is 3.95. The summed E-state index contributed by atoms with van der Waals surface area (Å²) < 4.78 is 18.4. The number of ether oxygens (including phenoxy) is 1. The van der Waals surface area contributed by atoms with E-state index in [1.165, 1.54) is 47.4 Å². The van der Waals surface area contributed by atoms with E-state index in [1.807, 2.05) is 0 Å². The predicted octanol–water partition coefficient (Wildman–Crippen LogP) is 3.07. The summed E-state index contributed by atoms with van der Waals surface area (Å²) in [7, 11) is 0. The average Bonchev–Trinajstić information content (AvgIpc) is 3.04. The molecule has 136 valence electrons. The number of nitro groups is 1. The topological polar surface area (TPSA) is 89.7 Å². The quantitative estimate of drug-likeness (QED) is 0.472. The number of nitrogens with zero attached hydrogens (tertiary/aromatic N) is 2. The lowest BCUT2D eigenvalue weighted by Gasteiger charge is -2.31. The van der Waals surface area contributed by atoms with Gasteiger partial charge < -0.3 is 4.74 Å². The van der Waals surface area contributed by atoms with Crippen LogP contribution in [0.3, 0.4) is 0 Å². The number of esters is 1. The van der Waals surface area contributed by atoms with Crippen molar-refractivity contribution in [1.82, 2.24) is 0 Å². The van der Waals surface area contributed by atoms with Gasteiger partial charge in [-0.25, -0.2) is 9.18 Å². The molecule has 0 spiro atoms. The van der Waals surface area contributed by atoms with Gasteiger partial charge in [0.25, 0.3) is 5.69 Å². The minimum Gasteiger partial charge on any atom is -0.456 e. The van der Waals surface area contributed by atoms with Crippen molar-refractivity contribution in [2.24, 2.45) is 0 Å². The van der Waals surface area contributed by atoms with Gasteiger partial charge in [-0.1, -0.05) is 12.1 Å². The molecule has 2 aromatic carbocycles. The third-order valence-electron chi connectivity index (χ3n) is 4.69. The first kappa shape index (κ1) is 16.9. The summed E-state index contributed by atoms with van der Waals surface area (Å²) in [6.07, 6.45) is -0.0491. The molecule has 2 heterocycles. The van der Waals surface area contributed by atoms with Crippen molar-refractivity contribution >= 4 is 23.3 Å². The molecule has 0 unspecified atom stereocenters. The van der Waals surface area contributed by atoms with Crippen LogP contribution in [0, 0.1) is 15.9 Å². The van der Waals surface area contributed by atoms with Crippen molar-refractivity contribution in [3.63, 3.8) is 0 Å². The van der Waals surface area contributed by atoms with E-state index < -0.39 is 22.6 Å². The van der Waals surface area contributed by atoms with E-state index in [1.54, 1.807) is 6.07 Å². The Morgan fingerprint density at radius 1 is 1.15 bits per heavy atom. The van der Waals surface area contributed by atoms with E-state index in [9.17, 15) is 24.1 Å². The molecule has 0 saturated carbocycles. The van der Waals surface area contributed by atoms with E-state index in [0.717, 1.165) is 0 Å². The molecule has 1 amide bonds. The first-order valence-electron chi connectivity index (χ1n) is 8.19. The second kappa shape index (κ2) is 6.31. The maximum absolute atomic E-state index is 13.2. The molecule has 0 bridgehead atoms. The van der Waals surface area contributed by atoms with Gasteiger partial charge in [-0.05, 0) is 29.8 Å². The molecule has 4 rings (SSSR count). The molecule has 0 N–H and O–H groups in total.